The normalized spacial score (nSPS) is 22.1. The first-order valence-electron chi connectivity index (χ1n) is 7.86. The first-order chi connectivity index (χ1) is 10.2. The quantitative estimate of drug-likeness (QED) is 0.725. The van der Waals surface area contributed by atoms with Crippen LogP contribution in [0.5, 0.6) is 0 Å². The number of ether oxygens (including phenoxy) is 1. The van der Waals surface area contributed by atoms with Gasteiger partial charge < -0.3 is 15.0 Å². The van der Waals surface area contributed by atoms with Crippen LogP contribution >= 0.6 is 15.9 Å². The standard InChI is InChI=1S/C17H27BrN2O/c1-3-9-19-12-17(8-10-21-14-17)13-20(2)11-15-6-4-5-7-16(15)18/h4-7,19H,3,8-14H2,1-2H3. The molecule has 4 heteroatoms. The zero-order valence-electron chi connectivity index (χ0n) is 13.2. The number of rotatable bonds is 8. The van der Waals surface area contributed by atoms with Crippen LogP contribution in [0.2, 0.25) is 0 Å². The van der Waals surface area contributed by atoms with Crippen molar-refractivity contribution in [3.05, 3.63) is 34.3 Å². The molecule has 3 nitrogen and oxygen atoms in total. The first kappa shape index (κ1) is 16.9. The second kappa shape index (κ2) is 8.28. The van der Waals surface area contributed by atoms with E-state index in [1.807, 2.05) is 0 Å². The van der Waals surface area contributed by atoms with E-state index in [0.717, 1.165) is 45.8 Å². The maximum atomic E-state index is 5.69. The minimum atomic E-state index is 0.269. The van der Waals surface area contributed by atoms with Crippen LogP contribution in [0.15, 0.2) is 28.7 Å². The van der Waals surface area contributed by atoms with Gasteiger partial charge >= 0.3 is 0 Å². The lowest BCUT2D eigenvalue weighted by atomic mass is 9.86. The van der Waals surface area contributed by atoms with Crippen molar-refractivity contribution in [1.29, 1.82) is 0 Å². The molecule has 1 atom stereocenters. The lowest BCUT2D eigenvalue weighted by Gasteiger charge is -2.33. The summed E-state index contributed by atoms with van der Waals surface area (Å²) in [6.45, 7) is 8.18. The molecule has 118 valence electrons. The molecule has 1 heterocycles. The van der Waals surface area contributed by atoms with Crippen LogP contribution in [0.4, 0.5) is 0 Å². The molecule has 0 saturated carbocycles. The van der Waals surface area contributed by atoms with Crippen molar-refractivity contribution in [2.45, 2.75) is 26.3 Å². The first-order valence-corrected chi connectivity index (χ1v) is 8.65. The Morgan fingerprint density at radius 2 is 2.19 bits per heavy atom. The lowest BCUT2D eigenvalue weighted by molar-refractivity contribution is 0.116. The van der Waals surface area contributed by atoms with Gasteiger partial charge in [-0.25, -0.2) is 0 Å². The summed E-state index contributed by atoms with van der Waals surface area (Å²) in [6, 6.07) is 8.47. The Kier molecular flexibility index (Phi) is 6.68. The molecule has 0 radical (unpaired) electrons. The highest BCUT2D eigenvalue weighted by Gasteiger charge is 2.35. The third kappa shape index (κ3) is 5.06. The van der Waals surface area contributed by atoms with Crippen LogP contribution in [-0.4, -0.2) is 44.8 Å². The van der Waals surface area contributed by atoms with Crippen LogP contribution in [0.25, 0.3) is 0 Å². The Morgan fingerprint density at radius 1 is 1.38 bits per heavy atom. The maximum absolute atomic E-state index is 5.69. The van der Waals surface area contributed by atoms with Crippen molar-refractivity contribution in [3.8, 4) is 0 Å². The van der Waals surface area contributed by atoms with Gasteiger partial charge in [0.05, 0.1) is 6.61 Å². The van der Waals surface area contributed by atoms with Gasteiger partial charge in [0.2, 0.25) is 0 Å². The van der Waals surface area contributed by atoms with Gasteiger partial charge in [-0.3, -0.25) is 0 Å². The molecule has 1 aromatic carbocycles. The Bertz CT molecular complexity index is 433. The molecule has 1 unspecified atom stereocenters. The fourth-order valence-corrected chi connectivity index (χ4v) is 3.46. The third-order valence-corrected chi connectivity index (χ3v) is 4.89. The van der Waals surface area contributed by atoms with Gasteiger partial charge in [-0.2, -0.15) is 0 Å². The molecule has 1 saturated heterocycles. The molecule has 0 spiro atoms. The summed E-state index contributed by atoms with van der Waals surface area (Å²) < 4.78 is 6.88. The van der Waals surface area contributed by atoms with Crippen LogP contribution in [0.3, 0.4) is 0 Å². The number of halogens is 1. The molecule has 1 aromatic rings. The molecular weight excluding hydrogens is 328 g/mol. The number of benzene rings is 1. The highest BCUT2D eigenvalue weighted by atomic mass is 79.9. The minimum Gasteiger partial charge on any atom is -0.381 e. The molecule has 21 heavy (non-hydrogen) atoms. The summed E-state index contributed by atoms with van der Waals surface area (Å²) in [5.41, 5.74) is 1.61. The SMILES string of the molecule is CCCNCC1(CN(C)Cc2ccccc2Br)CCOC1. The van der Waals surface area contributed by atoms with Gasteiger partial charge in [-0.15, -0.1) is 0 Å². The minimum absolute atomic E-state index is 0.269. The molecule has 0 amide bonds. The molecule has 1 fully saturated rings. The van der Waals surface area contributed by atoms with E-state index in [-0.39, 0.29) is 5.41 Å². The average Bonchev–Trinajstić information content (AvgIpc) is 2.90. The highest BCUT2D eigenvalue weighted by Crippen LogP contribution is 2.29. The Labute approximate surface area is 137 Å². The van der Waals surface area contributed by atoms with Crippen LogP contribution in [0, 0.1) is 5.41 Å². The van der Waals surface area contributed by atoms with Crippen LogP contribution in [-0.2, 0) is 11.3 Å². The fourth-order valence-electron chi connectivity index (χ4n) is 3.05. The number of hydrogen-bond donors (Lipinski definition) is 1. The Balaban J connectivity index is 1.92. The van der Waals surface area contributed by atoms with Gasteiger partial charge in [0.25, 0.3) is 0 Å². The van der Waals surface area contributed by atoms with E-state index in [1.54, 1.807) is 0 Å². The summed E-state index contributed by atoms with van der Waals surface area (Å²) in [5.74, 6) is 0. The van der Waals surface area contributed by atoms with E-state index in [2.05, 4.69) is 64.4 Å². The molecule has 0 bridgehead atoms. The van der Waals surface area contributed by atoms with Crippen LogP contribution < -0.4 is 5.32 Å². The number of hydrogen-bond acceptors (Lipinski definition) is 3. The third-order valence-electron chi connectivity index (χ3n) is 4.12. The Hall–Kier alpha value is -0.420. The summed E-state index contributed by atoms with van der Waals surface area (Å²) in [4.78, 5) is 2.42. The lowest BCUT2D eigenvalue weighted by Crippen LogP contribution is -2.43. The van der Waals surface area contributed by atoms with Gasteiger partial charge in [0, 0.05) is 36.1 Å². The van der Waals surface area contributed by atoms with Gasteiger partial charge in [0.15, 0.2) is 0 Å². The van der Waals surface area contributed by atoms with E-state index >= 15 is 0 Å². The predicted octanol–water partition coefficient (Wildman–Crippen LogP) is 3.29. The van der Waals surface area contributed by atoms with Crippen molar-refractivity contribution in [1.82, 2.24) is 10.2 Å². The second-order valence-electron chi connectivity index (χ2n) is 6.24. The second-order valence-corrected chi connectivity index (χ2v) is 7.10. The Morgan fingerprint density at radius 3 is 2.86 bits per heavy atom. The largest absolute Gasteiger partial charge is 0.381 e. The number of nitrogens with one attached hydrogen (secondary N) is 1. The molecule has 1 N–H and O–H groups in total. The van der Waals surface area contributed by atoms with E-state index in [9.17, 15) is 0 Å². The van der Waals surface area contributed by atoms with Gasteiger partial charge in [0.1, 0.15) is 0 Å². The van der Waals surface area contributed by atoms with Crippen molar-refractivity contribution in [2.24, 2.45) is 5.41 Å². The average molecular weight is 355 g/mol. The van der Waals surface area contributed by atoms with E-state index in [0.29, 0.717) is 0 Å². The summed E-state index contributed by atoms with van der Waals surface area (Å²) >= 11 is 3.64. The van der Waals surface area contributed by atoms with E-state index in [4.69, 9.17) is 4.74 Å². The highest BCUT2D eigenvalue weighted by molar-refractivity contribution is 9.10. The molecule has 1 aliphatic heterocycles. The maximum Gasteiger partial charge on any atom is 0.0547 e. The van der Waals surface area contributed by atoms with Crippen molar-refractivity contribution in [2.75, 3.05) is 39.9 Å². The van der Waals surface area contributed by atoms with Crippen molar-refractivity contribution >= 4 is 15.9 Å². The monoisotopic (exact) mass is 354 g/mol. The summed E-state index contributed by atoms with van der Waals surface area (Å²) in [6.07, 6.45) is 2.34. The fraction of sp³-hybridized carbons (Fsp3) is 0.647. The molecule has 0 aliphatic carbocycles. The van der Waals surface area contributed by atoms with Gasteiger partial charge in [-0.05, 0) is 38.1 Å². The summed E-state index contributed by atoms with van der Waals surface area (Å²) in [5, 5.41) is 3.58. The van der Waals surface area contributed by atoms with E-state index < -0.39 is 0 Å². The number of nitrogens with zero attached hydrogens (tertiary/aromatic N) is 1. The molecule has 2 rings (SSSR count). The molecule has 1 aliphatic rings. The van der Waals surface area contributed by atoms with Crippen molar-refractivity contribution < 1.29 is 4.74 Å². The van der Waals surface area contributed by atoms with Gasteiger partial charge in [-0.1, -0.05) is 41.1 Å². The smallest absolute Gasteiger partial charge is 0.0547 e. The zero-order chi connectivity index (χ0) is 15.1. The molecular formula is C17H27BrN2O. The summed E-state index contributed by atoms with van der Waals surface area (Å²) in [7, 11) is 2.21. The molecule has 0 aromatic heterocycles. The van der Waals surface area contributed by atoms with Crippen molar-refractivity contribution in [3.63, 3.8) is 0 Å². The zero-order valence-corrected chi connectivity index (χ0v) is 14.8. The van der Waals surface area contributed by atoms with E-state index in [1.165, 1.54) is 16.5 Å². The van der Waals surface area contributed by atoms with Crippen LogP contribution in [0.1, 0.15) is 25.3 Å². The topological polar surface area (TPSA) is 24.5 Å². The predicted molar refractivity (Wildman–Crippen MR) is 91.5 cm³/mol.